The van der Waals surface area contributed by atoms with Gasteiger partial charge >= 0.3 is 0 Å². The van der Waals surface area contributed by atoms with Crippen molar-refractivity contribution in [1.82, 2.24) is 0 Å². The van der Waals surface area contributed by atoms with E-state index >= 15 is 0 Å². The molecule has 0 aliphatic rings. The normalized spacial score (nSPS) is 8.50. The second kappa shape index (κ2) is 22.7. The van der Waals surface area contributed by atoms with Crippen molar-refractivity contribution in [2.75, 3.05) is 0 Å². The molecule has 0 heterocycles. The van der Waals surface area contributed by atoms with Gasteiger partial charge in [-0.1, -0.05) is 139 Å². The molecule has 0 spiro atoms. The molecule has 0 saturated heterocycles. The zero-order valence-electron chi connectivity index (χ0n) is 14.8. The maximum absolute atomic E-state index is 3.56. The fraction of sp³-hybridized carbons (Fsp3) is 0.308. The van der Waals surface area contributed by atoms with Crippen molar-refractivity contribution in [3.05, 3.63) is 109 Å². The van der Waals surface area contributed by atoms with Gasteiger partial charge in [0.1, 0.15) is 0 Å². The molecule has 0 bridgehead atoms. The van der Waals surface area contributed by atoms with Crippen LogP contribution in [0.15, 0.2) is 97.6 Å². The third kappa shape index (κ3) is 19.7. The Bertz CT molecular complexity index is 547. The van der Waals surface area contributed by atoms with Crippen LogP contribution in [-0.4, -0.2) is 0 Å². The predicted molar refractivity (Wildman–Crippen MR) is 126 cm³/mol. The average Bonchev–Trinajstić information content (AvgIpc) is 2.58. The second-order valence-corrected chi connectivity index (χ2v) is 5.24. The molecule has 0 nitrogen and oxygen atoms in total. The quantitative estimate of drug-likeness (QED) is 0.481. The van der Waals surface area contributed by atoms with Gasteiger partial charge in [0.05, 0.1) is 0 Å². The second-order valence-electron chi connectivity index (χ2n) is 5.24. The standard InChI is InChI=1S/C9H12.C7H8.C7H10.3CH4/c1-2-6-9-7-4-3-5-8-9;1-7-5-3-2-4-6-7;1-4-6-7(3)5-2;;;/h3-5,7-8H,2,6H2,1H3;2-6H,1H3;4-6H,1-2H2,3H3;3*1H4/b;;7-6-;;;. The summed E-state index contributed by atoms with van der Waals surface area (Å²) in [5, 5.41) is 0. The first-order valence-electron chi connectivity index (χ1n) is 8.11. The van der Waals surface area contributed by atoms with Crippen LogP contribution in [-0.2, 0) is 6.42 Å². The molecule has 0 fully saturated rings. The van der Waals surface area contributed by atoms with E-state index < -0.39 is 0 Å². The van der Waals surface area contributed by atoms with Crippen molar-refractivity contribution in [1.29, 1.82) is 0 Å². The third-order valence-electron chi connectivity index (χ3n) is 3.02. The molecule has 0 aliphatic heterocycles. The number of aryl methyl sites for hydroxylation is 2. The molecule has 2 aromatic rings. The molecule has 2 rings (SSSR count). The smallest absolute Gasteiger partial charge is 0.0281 e. The first-order valence-corrected chi connectivity index (χ1v) is 8.11. The summed E-state index contributed by atoms with van der Waals surface area (Å²) in [5.74, 6) is 0. The van der Waals surface area contributed by atoms with Crippen LogP contribution in [0.1, 0.15) is 53.7 Å². The Morgan fingerprint density at radius 3 is 1.58 bits per heavy atom. The van der Waals surface area contributed by atoms with Crippen molar-refractivity contribution in [3.8, 4) is 0 Å². The Morgan fingerprint density at radius 1 is 0.846 bits per heavy atom. The van der Waals surface area contributed by atoms with Gasteiger partial charge in [-0.25, -0.2) is 0 Å². The number of benzene rings is 2. The van der Waals surface area contributed by atoms with Crippen LogP contribution < -0.4 is 0 Å². The molecular formula is C26H42. The minimum atomic E-state index is 0. The maximum Gasteiger partial charge on any atom is -0.0281 e. The Balaban J connectivity index is -0.000000133. The summed E-state index contributed by atoms with van der Waals surface area (Å²) >= 11 is 0. The largest absolute Gasteiger partial charge is 0.0991 e. The van der Waals surface area contributed by atoms with Crippen LogP contribution >= 0.6 is 0 Å². The van der Waals surface area contributed by atoms with Gasteiger partial charge in [0.25, 0.3) is 0 Å². The fourth-order valence-electron chi connectivity index (χ4n) is 1.72. The topological polar surface area (TPSA) is 0 Å². The van der Waals surface area contributed by atoms with Gasteiger partial charge in [0.2, 0.25) is 0 Å². The highest BCUT2D eigenvalue weighted by Crippen LogP contribution is 2.00. The lowest BCUT2D eigenvalue weighted by molar-refractivity contribution is 0.922. The van der Waals surface area contributed by atoms with E-state index in [9.17, 15) is 0 Å². The SMILES string of the molecule is C.C.C.C=C/C=C(/C)C=C.CCCc1ccccc1.Cc1ccccc1. The van der Waals surface area contributed by atoms with Crippen molar-refractivity contribution >= 4 is 0 Å². The van der Waals surface area contributed by atoms with Gasteiger partial charge in [-0.15, -0.1) is 0 Å². The Morgan fingerprint density at radius 2 is 1.31 bits per heavy atom. The van der Waals surface area contributed by atoms with Gasteiger partial charge in [-0.3, -0.25) is 0 Å². The van der Waals surface area contributed by atoms with Gasteiger partial charge in [-0.2, -0.15) is 0 Å². The molecule has 0 unspecified atom stereocenters. The summed E-state index contributed by atoms with van der Waals surface area (Å²) in [6.07, 6.45) is 7.90. The van der Waals surface area contributed by atoms with Crippen LogP contribution in [0.2, 0.25) is 0 Å². The number of hydrogen-bond donors (Lipinski definition) is 0. The van der Waals surface area contributed by atoms with Crippen molar-refractivity contribution in [2.45, 2.75) is 55.9 Å². The summed E-state index contributed by atoms with van der Waals surface area (Å²) in [7, 11) is 0. The monoisotopic (exact) mass is 354 g/mol. The van der Waals surface area contributed by atoms with E-state index in [-0.39, 0.29) is 22.3 Å². The predicted octanol–water partition coefficient (Wildman–Crippen LogP) is 8.85. The van der Waals surface area contributed by atoms with E-state index in [2.05, 4.69) is 69.5 Å². The minimum Gasteiger partial charge on any atom is -0.0991 e. The summed E-state index contributed by atoms with van der Waals surface area (Å²) < 4.78 is 0. The highest BCUT2D eigenvalue weighted by Gasteiger charge is 1.84. The molecule has 146 valence electrons. The Labute approximate surface area is 165 Å². The van der Waals surface area contributed by atoms with E-state index in [1.807, 2.05) is 31.2 Å². The molecular weight excluding hydrogens is 312 g/mol. The van der Waals surface area contributed by atoms with Crippen LogP contribution in [0, 0.1) is 6.92 Å². The molecule has 2 aromatic carbocycles. The summed E-state index contributed by atoms with van der Waals surface area (Å²) in [4.78, 5) is 0. The van der Waals surface area contributed by atoms with E-state index in [4.69, 9.17) is 0 Å². The molecule has 0 amide bonds. The summed E-state index contributed by atoms with van der Waals surface area (Å²) in [6, 6.07) is 20.8. The first kappa shape index (κ1) is 31.4. The number of allylic oxidation sites excluding steroid dienone is 4. The van der Waals surface area contributed by atoms with Gasteiger partial charge in [0.15, 0.2) is 0 Å². The van der Waals surface area contributed by atoms with Gasteiger partial charge in [0, 0.05) is 0 Å². The molecule has 26 heavy (non-hydrogen) atoms. The first-order chi connectivity index (χ1) is 11.1. The van der Waals surface area contributed by atoms with Crippen LogP contribution in [0.3, 0.4) is 0 Å². The molecule has 0 radical (unpaired) electrons. The highest BCUT2D eigenvalue weighted by atomic mass is 13.9. The lowest BCUT2D eigenvalue weighted by Crippen LogP contribution is -1.78. The lowest BCUT2D eigenvalue weighted by Gasteiger charge is -1.93. The van der Waals surface area contributed by atoms with Crippen LogP contribution in [0.4, 0.5) is 0 Å². The summed E-state index contributed by atoms with van der Waals surface area (Å²) in [6.45, 7) is 13.4. The molecule has 0 heteroatoms. The number of hydrogen-bond acceptors (Lipinski definition) is 0. The van der Waals surface area contributed by atoms with Crippen molar-refractivity contribution < 1.29 is 0 Å². The molecule has 0 saturated carbocycles. The fourth-order valence-corrected chi connectivity index (χ4v) is 1.72. The van der Waals surface area contributed by atoms with Gasteiger partial charge in [-0.05, 0) is 25.8 Å². The number of rotatable bonds is 4. The maximum atomic E-state index is 3.56. The molecule has 0 aliphatic carbocycles. The van der Waals surface area contributed by atoms with E-state index in [0.717, 1.165) is 5.57 Å². The van der Waals surface area contributed by atoms with Crippen molar-refractivity contribution in [2.24, 2.45) is 0 Å². The molecule has 0 N–H and O–H groups in total. The third-order valence-corrected chi connectivity index (χ3v) is 3.02. The summed E-state index contributed by atoms with van der Waals surface area (Å²) in [5.41, 5.74) is 3.91. The highest BCUT2D eigenvalue weighted by molar-refractivity contribution is 5.17. The zero-order chi connectivity index (χ0) is 17.3. The van der Waals surface area contributed by atoms with Crippen LogP contribution in [0.25, 0.3) is 0 Å². The Hall–Kier alpha value is -2.34. The molecule has 0 aromatic heterocycles. The van der Waals surface area contributed by atoms with E-state index in [0.29, 0.717) is 0 Å². The van der Waals surface area contributed by atoms with E-state index in [1.54, 1.807) is 12.2 Å². The Kier molecular flexibility index (Phi) is 27.4. The lowest BCUT2D eigenvalue weighted by atomic mass is 10.1. The zero-order valence-corrected chi connectivity index (χ0v) is 14.8. The van der Waals surface area contributed by atoms with Crippen LogP contribution in [0.5, 0.6) is 0 Å². The minimum absolute atomic E-state index is 0. The molecule has 0 atom stereocenters. The van der Waals surface area contributed by atoms with Gasteiger partial charge < -0.3 is 0 Å². The van der Waals surface area contributed by atoms with E-state index in [1.165, 1.54) is 24.0 Å². The van der Waals surface area contributed by atoms with Crippen molar-refractivity contribution in [3.63, 3.8) is 0 Å². The average molecular weight is 355 g/mol.